The van der Waals surface area contributed by atoms with Crippen LogP contribution in [0, 0.1) is 0 Å². The van der Waals surface area contributed by atoms with Gasteiger partial charge in [-0.25, -0.2) is 4.98 Å². The maximum absolute atomic E-state index is 12.1. The molecular formula is C26H24ClN3O. The SMILES string of the molecule is O=C(/C=C/c1ccccc1)NCCCc1nc2ccccc2n1Cc1ccc(Cl)cc1. The molecule has 0 atom stereocenters. The van der Waals surface area contributed by atoms with Crippen LogP contribution in [0.5, 0.6) is 0 Å². The molecule has 0 unspecified atom stereocenters. The van der Waals surface area contributed by atoms with Gasteiger partial charge in [0.1, 0.15) is 5.82 Å². The van der Waals surface area contributed by atoms with E-state index in [1.54, 1.807) is 6.08 Å². The molecule has 4 aromatic rings. The van der Waals surface area contributed by atoms with Crippen molar-refractivity contribution in [3.8, 4) is 0 Å². The summed E-state index contributed by atoms with van der Waals surface area (Å²) >= 11 is 6.03. The van der Waals surface area contributed by atoms with Crippen LogP contribution >= 0.6 is 11.6 Å². The van der Waals surface area contributed by atoms with Crippen molar-refractivity contribution in [1.82, 2.24) is 14.9 Å². The van der Waals surface area contributed by atoms with Gasteiger partial charge in [0.05, 0.1) is 11.0 Å². The first kappa shape index (κ1) is 20.9. The molecule has 1 N–H and O–H groups in total. The molecule has 0 saturated heterocycles. The summed E-state index contributed by atoms with van der Waals surface area (Å²) in [6.07, 6.45) is 4.99. The van der Waals surface area contributed by atoms with Crippen LogP contribution in [0.25, 0.3) is 17.1 Å². The minimum atomic E-state index is -0.0847. The molecule has 0 aliphatic rings. The molecule has 3 aromatic carbocycles. The first-order valence-electron chi connectivity index (χ1n) is 10.4. The number of aromatic nitrogens is 2. The average molecular weight is 430 g/mol. The molecule has 0 aliphatic heterocycles. The maximum Gasteiger partial charge on any atom is 0.243 e. The number of imidazole rings is 1. The van der Waals surface area contributed by atoms with E-state index in [2.05, 4.69) is 16.0 Å². The lowest BCUT2D eigenvalue weighted by atomic mass is 10.2. The van der Waals surface area contributed by atoms with Gasteiger partial charge in [0.15, 0.2) is 0 Å². The number of amides is 1. The number of carbonyl (C=O) groups excluding carboxylic acids is 1. The van der Waals surface area contributed by atoms with Gasteiger partial charge >= 0.3 is 0 Å². The zero-order chi connectivity index (χ0) is 21.5. The second kappa shape index (κ2) is 10.1. The third kappa shape index (κ3) is 5.62. The van der Waals surface area contributed by atoms with Crippen LogP contribution in [0.15, 0.2) is 84.9 Å². The summed E-state index contributed by atoms with van der Waals surface area (Å²) in [7, 11) is 0. The molecular weight excluding hydrogens is 406 g/mol. The molecule has 0 saturated carbocycles. The molecule has 0 aliphatic carbocycles. The number of para-hydroxylation sites is 2. The van der Waals surface area contributed by atoms with Crippen molar-refractivity contribution < 1.29 is 4.79 Å². The van der Waals surface area contributed by atoms with Crippen molar-refractivity contribution in [2.24, 2.45) is 0 Å². The van der Waals surface area contributed by atoms with Crippen molar-refractivity contribution in [2.75, 3.05) is 6.54 Å². The summed E-state index contributed by atoms with van der Waals surface area (Å²) in [6.45, 7) is 1.33. The predicted octanol–water partition coefficient (Wildman–Crippen LogP) is 5.50. The van der Waals surface area contributed by atoms with E-state index in [0.717, 1.165) is 46.8 Å². The van der Waals surface area contributed by atoms with E-state index in [9.17, 15) is 4.79 Å². The quantitative estimate of drug-likeness (QED) is 0.297. The third-order valence-corrected chi connectivity index (χ3v) is 5.34. The Balaban J connectivity index is 1.38. The van der Waals surface area contributed by atoms with Gasteiger partial charge < -0.3 is 9.88 Å². The Bertz CT molecular complexity index is 1180. The lowest BCUT2D eigenvalue weighted by Gasteiger charge is -2.10. The van der Waals surface area contributed by atoms with Crippen molar-refractivity contribution in [2.45, 2.75) is 19.4 Å². The predicted molar refractivity (Wildman–Crippen MR) is 127 cm³/mol. The number of hydrogen-bond acceptors (Lipinski definition) is 2. The van der Waals surface area contributed by atoms with Gasteiger partial charge in [-0.2, -0.15) is 0 Å². The first-order chi connectivity index (χ1) is 15.2. The minimum absolute atomic E-state index is 0.0847. The third-order valence-electron chi connectivity index (χ3n) is 5.09. The van der Waals surface area contributed by atoms with Crippen LogP contribution in [-0.2, 0) is 17.8 Å². The van der Waals surface area contributed by atoms with Crippen molar-refractivity contribution >= 4 is 34.6 Å². The van der Waals surface area contributed by atoms with E-state index in [-0.39, 0.29) is 5.91 Å². The Hall–Kier alpha value is -3.37. The van der Waals surface area contributed by atoms with E-state index in [1.807, 2.05) is 78.9 Å². The fourth-order valence-electron chi connectivity index (χ4n) is 3.52. The van der Waals surface area contributed by atoms with Gasteiger partial charge in [-0.3, -0.25) is 4.79 Å². The van der Waals surface area contributed by atoms with Crippen LogP contribution in [0.2, 0.25) is 5.02 Å². The second-order valence-electron chi connectivity index (χ2n) is 7.37. The van der Waals surface area contributed by atoms with Gasteiger partial charge in [0.2, 0.25) is 5.91 Å². The van der Waals surface area contributed by atoms with E-state index < -0.39 is 0 Å². The number of nitrogens with zero attached hydrogens (tertiary/aromatic N) is 2. The fourth-order valence-corrected chi connectivity index (χ4v) is 3.64. The van der Waals surface area contributed by atoms with Gasteiger partial charge in [0, 0.05) is 30.6 Å². The average Bonchev–Trinajstić information content (AvgIpc) is 3.15. The first-order valence-corrected chi connectivity index (χ1v) is 10.8. The number of nitrogens with one attached hydrogen (secondary N) is 1. The highest BCUT2D eigenvalue weighted by Gasteiger charge is 2.11. The van der Waals surface area contributed by atoms with Crippen LogP contribution < -0.4 is 5.32 Å². The van der Waals surface area contributed by atoms with Gasteiger partial charge in [-0.1, -0.05) is 66.2 Å². The van der Waals surface area contributed by atoms with E-state index in [0.29, 0.717) is 6.54 Å². The fraction of sp³-hybridized carbons (Fsp3) is 0.154. The molecule has 156 valence electrons. The number of rotatable bonds is 8. The summed E-state index contributed by atoms with van der Waals surface area (Å²) in [6, 6.07) is 25.9. The highest BCUT2D eigenvalue weighted by atomic mass is 35.5. The Morgan fingerprint density at radius 1 is 0.968 bits per heavy atom. The zero-order valence-corrected chi connectivity index (χ0v) is 17.9. The van der Waals surface area contributed by atoms with Crippen molar-refractivity contribution in [3.05, 3.63) is 107 Å². The molecule has 4 nitrogen and oxygen atoms in total. The van der Waals surface area contributed by atoms with E-state index in [4.69, 9.17) is 16.6 Å². The van der Waals surface area contributed by atoms with Crippen molar-refractivity contribution in [3.63, 3.8) is 0 Å². The monoisotopic (exact) mass is 429 g/mol. The summed E-state index contributed by atoms with van der Waals surface area (Å²) in [5, 5.41) is 3.69. The minimum Gasteiger partial charge on any atom is -0.353 e. The molecule has 4 rings (SSSR count). The topological polar surface area (TPSA) is 46.9 Å². The van der Waals surface area contributed by atoms with Crippen LogP contribution in [0.3, 0.4) is 0 Å². The molecule has 1 amide bonds. The molecule has 0 fully saturated rings. The molecule has 0 spiro atoms. The number of benzene rings is 3. The normalized spacial score (nSPS) is 11.3. The lowest BCUT2D eigenvalue weighted by molar-refractivity contribution is -0.116. The summed E-state index contributed by atoms with van der Waals surface area (Å²) in [4.78, 5) is 16.9. The summed E-state index contributed by atoms with van der Waals surface area (Å²) in [5.74, 6) is 0.934. The Morgan fingerprint density at radius 3 is 2.52 bits per heavy atom. The number of fused-ring (bicyclic) bond motifs is 1. The summed E-state index contributed by atoms with van der Waals surface area (Å²) < 4.78 is 2.25. The zero-order valence-electron chi connectivity index (χ0n) is 17.2. The molecule has 31 heavy (non-hydrogen) atoms. The van der Waals surface area contributed by atoms with E-state index >= 15 is 0 Å². The Labute approximate surface area is 187 Å². The van der Waals surface area contributed by atoms with Crippen LogP contribution in [0.1, 0.15) is 23.4 Å². The molecule has 0 radical (unpaired) electrons. The van der Waals surface area contributed by atoms with Gasteiger partial charge in [0.25, 0.3) is 0 Å². The Morgan fingerprint density at radius 2 is 1.71 bits per heavy atom. The molecule has 0 bridgehead atoms. The lowest BCUT2D eigenvalue weighted by Crippen LogP contribution is -2.22. The smallest absolute Gasteiger partial charge is 0.243 e. The molecule has 5 heteroatoms. The number of hydrogen-bond donors (Lipinski definition) is 1. The van der Waals surface area contributed by atoms with Gasteiger partial charge in [-0.05, 0) is 47.9 Å². The summed E-state index contributed by atoms with van der Waals surface area (Å²) in [5.41, 5.74) is 4.28. The second-order valence-corrected chi connectivity index (χ2v) is 7.80. The molecule has 1 heterocycles. The van der Waals surface area contributed by atoms with E-state index in [1.165, 1.54) is 5.56 Å². The highest BCUT2D eigenvalue weighted by Crippen LogP contribution is 2.20. The maximum atomic E-state index is 12.1. The number of carbonyl (C=O) groups is 1. The van der Waals surface area contributed by atoms with Crippen LogP contribution in [0.4, 0.5) is 0 Å². The van der Waals surface area contributed by atoms with Gasteiger partial charge in [-0.15, -0.1) is 0 Å². The molecule has 1 aromatic heterocycles. The highest BCUT2D eigenvalue weighted by molar-refractivity contribution is 6.30. The standard InChI is InChI=1S/C26H24ClN3O/c27-22-15-12-21(13-16-22)19-30-24-10-5-4-9-23(24)29-25(30)11-6-18-28-26(31)17-14-20-7-2-1-3-8-20/h1-5,7-10,12-17H,6,11,18-19H2,(H,28,31)/b17-14+. The van der Waals surface area contributed by atoms with Crippen molar-refractivity contribution in [1.29, 1.82) is 0 Å². The Kier molecular flexibility index (Phi) is 6.80. The number of halogens is 1. The number of aryl methyl sites for hydroxylation is 1. The van der Waals surface area contributed by atoms with Crippen LogP contribution in [-0.4, -0.2) is 22.0 Å². The largest absolute Gasteiger partial charge is 0.353 e.